The number of fused-ring (bicyclic) bond motifs is 1. The molecule has 19 heavy (non-hydrogen) atoms. The Bertz CT molecular complexity index is 485. The number of para-hydroxylation sites is 1. The van der Waals surface area contributed by atoms with E-state index in [1.54, 1.807) is 0 Å². The van der Waals surface area contributed by atoms with Gasteiger partial charge in [0.25, 0.3) is 0 Å². The van der Waals surface area contributed by atoms with Gasteiger partial charge in [0, 0.05) is 11.7 Å². The molecule has 1 aromatic carbocycles. The highest BCUT2D eigenvalue weighted by molar-refractivity contribution is 5.99. The summed E-state index contributed by atoms with van der Waals surface area (Å²) in [6, 6.07) is 8.68. The number of nitrogens with zero attached hydrogens (tertiary/aromatic N) is 2. The van der Waals surface area contributed by atoms with Crippen molar-refractivity contribution in [1.29, 1.82) is 0 Å². The Hall–Kier alpha value is -1.35. The van der Waals surface area contributed by atoms with E-state index < -0.39 is 0 Å². The zero-order valence-electron chi connectivity index (χ0n) is 11.8. The molecule has 0 aliphatic carbocycles. The second-order valence-electron chi connectivity index (χ2n) is 5.88. The summed E-state index contributed by atoms with van der Waals surface area (Å²) in [5.74, 6) is 0.291. The normalized spacial score (nSPS) is 27.4. The summed E-state index contributed by atoms with van der Waals surface area (Å²) in [6.45, 7) is 3.20. The van der Waals surface area contributed by atoms with E-state index in [0.29, 0.717) is 11.9 Å². The SMILES string of the molecule is CC1Cc2ccccc2N1C(=O)C1CCCCN1C. The molecular weight excluding hydrogens is 236 g/mol. The Morgan fingerprint density at radius 1 is 1.26 bits per heavy atom. The standard InChI is InChI=1S/C16H22N2O/c1-12-11-13-7-3-4-8-14(13)18(12)16(19)15-9-5-6-10-17(15)2/h3-4,7-8,12,15H,5-6,9-11H2,1-2H3. The smallest absolute Gasteiger partial charge is 0.244 e. The van der Waals surface area contributed by atoms with Gasteiger partial charge in [-0.3, -0.25) is 9.69 Å². The monoisotopic (exact) mass is 258 g/mol. The number of benzene rings is 1. The number of amides is 1. The van der Waals surface area contributed by atoms with Gasteiger partial charge >= 0.3 is 0 Å². The zero-order chi connectivity index (χ0) is 13.4. The van der Waals surface area contributed by atoms with Crippen LogP contribution in [0.15, 0.2) is 24.3 Å². The number of likely N-dealkylation sites (N-methyl/N-ethyl adjacent to an activating group) is 1. The fourth-order valence-electron chi connectivity index (χ4n) is 3.45. The average Bonchev–Trinajstić information content (AvgIpc) is 2.74. The largest absolute Gasteiger partial charge is 0.308 e. The second-order valence-corrected chi connectivity index (χ2v) is 5.88. The predicted octanol–water partition coefficient (Wildman–Crippen LogP) is 2.45. The highest BCUT2D eigenvalue weighted by atomic mass is 16.2. The van der Waals surface area contributed by atoms with E-state index in [1.165, 1.54) is 18.4 Å². The van der Waals surface area contributed by atoms with Gasteiger partial charge in [-0.25, -0.2) is 0 Å². The van der Waals surface area contributed by atoms with Crippen LogP contribution < -0.4 is 4.90 Å². The molecule has 0 bridgehead atoms. The number of anilines is 1. The molecule has 3 heteroatoms. The molecule has 0 N–H and O–H groups in total. The lowest BCUT2D eigenvalue weighted by Gasteiger charge is -2.35. The van der Waals surface area contributed by atoms with Crippen LogP contribution in [0.4, 0.5) is 5.69 Å². The molecule has 0 spiro atoms. The molecule has 3 nitrogen and oxygen atoms in total. The van der Waals surface area contributed by atoms with Crippen LogP contribution in [0.1, 0.15) is 31.7 Å². The van der Waals surface area contributed by atoms with Gasteiger partial charge < -0.3 is 4.90 Å². The van der Waals surface area contributed by atoms with Gasteiger partial charge in [0.2, 0.25) is 5.91 Å². The topological polar surface area (TPSA) is 23.6 Å². The number of carbonyl (C=O) groups is 1. The first kappa shape index (κ1) is 12.7. The van der Waals surface area contributed by atoms with E-state index >= 15 is 0 Å². The Morgan fingerprint density at radius 2 is 2.05 bits per heavy atom. The van der Waals surface area contributed by atoms with E-state index in [9.17, 15) is 4.79 Å². The lowest BCUT2D eigenvalue weighted by Crippen LogP contribution is -2.51. The quantitative estimate of drug-likeness (QED) is 0.772. The number of carbonyl (C=O) groups excluding carboxylic acids is 1. The van der Waals surface area contributed by atoms with E-state index in [0.717, 1.165) is 25.1 Å². The molecule has 2 atom stereocenters. The maximum Gasteiger partial charge on any atom is 0.244 e. The lowest BCUT2D eigenvalue weighted by atomic mass is 10.0. The molecule has 102 valence electrons. The number of rotatable bonds is 1. The van der Waals surface area contributed by atoms with E-state index in [2.05, 4.69) is 37.1 Å². The van der Waals surface area contributed by atoms with Gasteiger partial charge in [-0.2, -0.15) is 0 Å². The van der Waals surface area contributed by atoms with Gasteiger partial charge in [-0.15, -0.1) is 0 Å². The van der Waals surface area contributed by atoms with Crippen LogP contribution in [0.3, 0.4) is 0 Å². The zero-order valence-corrected chi connectivity index (χ0v) is 11.8. The summed E-state index contributed by atoms with van der Waals surface area (Å²) in [5, 5.41) is 0. The van der Waals surface area contributed by atoms with Crippen LogP contribution in [0.5, 0.6) is 0 Å². The van der Waals surface area contributed by atoms with Crippen molar-refractivity contribution in [2.45, 2.75) is 44.7 Å². The molecule has 0 saturated carbocycles. The maximum absolute atomic E-state index is 12.9. The van der Waals surface area contributed by atoms with Crippen molar-refractivity contribution in [2.24, 2.45) is 0 Å². The van der Waals surface area contributed by atoms with E-state index in [1.807, 2.05) is 11.0 Å². The molecule has 3 rings (SSSR count). The Labute approximate surface area is 115 Å². The van der Waals surface area contributed by atoms with Crippen LogP contribution in [-0.2, 0) is 11.2 Å². The van der Waals surface area contributed by atoms with Crippen LogP contribution in [0.25, 0.3) is 0 Å². The second kappa shape index (κ2) is 4.97. The number of likely N-dealkylation sites (tertiary alicyclic amines) is 1. The molecule has 1 saturated heterocycles. The number of hydrogen-bond acceptors (Lipinski definition) is 2. The van der Waals surface area contributed by atoms with Crippen molar-refractivity contribution in [2.75, 3.05) is 18.5 Å². The van der Waals surface area contributed by atoms with Crippen LogP contribution in [0, 0.1) is 0 Å². The summed E-state index contributed by atoms with van der Waals surface area (Å²) in [7, 11) is 2.08. The summed E-state index contributed by atoms with van der Waals surface area (Å²) >= 11 is 0. The van der Waals surface area contributed by atoms with Crippen LogP contribution in [0.2, 0.25) is 0 Å². The van der Waals surface area contributed by atoms with E-state index in [-0.39, 0.29) is 6.04 Å². The fraction of sp³-hybridized carbons (Fsp3) is 0.562. The van der Waals surface area contributed by atoms with Crippen molar-refractivity contribution < 1.29 is 4.79 Å². The van der Waals surface area contributed by atoms with Crippen molar-refractivity contribution in [3.05, 3.63) is 29.8 Å². The molecule has 0 radical (unpaired) electrons. The highest BCUT2D eigenvalue weighted by Crippen LogP contribution is 2.33. The van der Waals surface area contributed by atoms with Crippen LogP contribution in [-0.4, -0.2) is 36.5 Å². The van der Waals surface area contributed by atoms with Crippen molar-refractivity contribution in [3.8, 4) is 0 Å². The predicted molar refractivity (Wildman–Crippen MR) is 77.4 cm³/mol. The maximum atomic E-state index is 12.9. The van der Waals surface area contributed by atoms with Crippen molar-refractivity contribution >= 4 is 11.6 Å². The molecule has 1 aromatic rings. The van der Waals surface area contributed by atoms with Gasteiger partial charge in [-0.1, -0.05) is 24.6 Å². The Kier molecular flexibility index (Phi) is 3.31. The van der Waals surface area contributed by atoms with Gasteiger partial charge in [0.1, 0.15) is 0 Å². The summed E-state index contributed by atoms with van der Waals surface area (Å²) in [4.78, 5) is 17.1. The van der Waals surface area contributed by atoms with Gasteiger partial charge in [0.05, 0.1) is 6.04 Å². The molecule has 0 aromatic heterocycles. The molecule has 1 amide bonds. The minimum Gasteiger partial charge on any atom is -0.308 e. The minimum atomic E-state index is 0.0716. The van der Waals surface area contributed by atoms with Crippen molar-refractivity contribution in [1.82, 2.24) is 4.90 Å². The third-order valence-electron chi connectivity index (χ3n) is 4.50. The first-order valence-corrected chi connectivity index (χ1v) is 7.29. The van der Waals surface area contributed by atoms with Crippen molar-refractivity contribution in [3.63, 3.8) is 0 Å². The average molecular weight is 258 g/mol. The lowest BCUT2D eigenvalue weighted by molar-refractivity contribution is -0.124. The first-order chi connectivity index (χ1) is 9.18. The van der Waals surface area contributed by atoms with Crippen LogP contribution >= 0.6 is 0 Å². The molecule has 2 heterocycles. The molecule has 2 aliphatic heterocycles. The summed E-state index contributed by atoms with van der Waals surface area (Å²) in [5.41, 5.74) is 2.43. The number of hydrogen-bond donors (Lipinski definition) is 0. The molecule has 2 unspecified atom stereocenters. The molecule has 2 aliphatic rings. The van der Waals surface area contributed by atoms with Gasteiger partial charge in [0.15, 0.2) is 0 Å². The van der Waals surface area contributed by atoms with Gasteiger partial charge in [-0.05, 0) is 51.4 Å². The highest BCUT2D eigenvalue weighted by Gasteiger charge is 2.36. The number of piperidine rings is 1. The summed E-state index contributed by atoms with van der Waals surface area (Å²) in [6.07, 6.45) is 4.37. The van der Waals surface area contributed by atoms with E-state index in [4.69, 9.17) is 0 Å². The Balaban J connectivity index is 1.87. The minimum absolute atomic E-state index is 0.0716. The Morgan fingerprint density at radius 3 is 2.84 bits per heavy atom. The fourth-order valence-corrected chi connectivity index (χ4v) is 3.45. The molecular formula is C16H22N2O. The first-order valence-electron chi connectivity index (χ1n) is 7.29. The third kappa shape index (κ3) is 2.16. The third-order valence-corrected chi connectivity index (χ3v) is 4.50. The summed E-state index contributed by atoms with van der Waals surface area (Å²) < 4.78 is 0. The molecule has 1 fully saturated rings.